The lowest BCUT2D eigenvalue weighted by Gasteiger charge is -2.10. The van der Waals surface area contributed by atoms with Gasteiger partial charge < -0.3 is 15.1 Å². The molecule has 0 saturated heterocycles. The van der Waals surface area contributed by atoms with E-state index in [-0.39, 0.29) is 17.6 Å². The van der Waals surface area contributed by atoms with Crippen LogP contribution in [0.3, 0.4) is 0 Å². The van der Waals surface area contributed by atoms with Gasteiger partial charge >= 0.3 is 0 Å². The molecular weight excluding hydrogens is 424 g/mol. The second-order valence-electron chi connectivity index (χ2n) is 6.94. The number of hydrogen-bond donors (Lipinski definition) is 2. The van der Waals surface area contributed by atoms with Crippen LogP contribution in [0.4, 0.5) is 0 Å². The van der Waals surface area contributed by atoms with Gasteiger partial charge in [-0.15, -0.1) is 0 Å². The predicted molar refractivity (Wildman–Crippen MR) is 122 cm³/mol. The Labute approximate surface area is 189 Å². The maximum Gasteiger partial charge on any atom is 0.251 e. The molecule has 2 N–H and O–H groups in total. The quantitative estimate of drug-likeness (QED) is 0.382. The van der Waals surface area contributed by atoms with Crippen LogP contribution < -0.4 is 10.6 Å². The molecule has 0 radical (unpaired) electrons. The van der Waals surface area contributed by atoms with Gasteiger partial charge in [-0.3, -0.25) is 14.2 Å². The van der Waals surface area contributed by atoms with Gasteiger partial charge in [0.05, 0.1) is 18.6 Å². The molecule has 0 aliphatic heterocycles. The van der Waals surface area contributed by atoms with E-state index < -0.39 is 0 Å². The minimum absolute atomic E-state index is 0.0699. The third kappa shape index (κ3) is 5.67. The van der Waals surface area contributed by atoms with Gasteiger partial charge in [0.25, 0.3) is 5.91 Å². The number of hydrogen-bond acceptors (Lipinski definition) is 5. The maximum absolute atomic E-state index is 12.5. The zero-order valence-electron chi connectivity index (χ0n) is 17.2. The molecule has 7 nitrogen and oxygen atoms in total. The molecule has 0 unspecified atom stereocenters. The van der Waals surface area contributed by atoms with Crippen LogP contribution in [0.2, 0.25) is 0 Å². The Hall–Kier alpha value is -3.78. The van der Waals surface area contributed by atoms with Gasteiger partial charge in [0.15, 0.2) is 5.16 Å². The van der Waals surface area contributed by atoms with E-state index in [1.807, 2.05) is 59.3 Å². The van der Waals surface area contributed by atoms with Crippen molar-refractivity contribution in [3.8, 4) is 5.69 Å². The highest BCUT2D eigenvalue weighted by atomic mass is 32.2. The summed E-state index contributed by atoms with van der Waals surface area (Å²) in [6, 6.07) is 20.6. The summed E-state index contributed by atoms with van der Waals surface area (Å²) in [5.41, 5.74) is 2.37. The molecule has 2 heterocycles. The second kappa shape index (κ2) is 10.5. The minimum Gasteiger partial charge on any atom is -0.467 e. The number of imidazole rings is 1. The molecule has 4 aromatic rings. The van der Waals surface area contributed by atoms with Gasteiger partial charge in [0, 0.05) is 30.2 Å². The van der Waals surface area contributed by atoms with Crippen molar-refractivity contribution in [1.82, 2.24) is 20.2 Å². The second-order valence-corrected chi connectivity index (χ2v) is 7.89. The average Bonchev–Trinajstić information content (AvgIpc) is 3.53. The van der Waals surface area contributed by atoms with E-state index >= 15 is 0 Å². The van der Waals surface area contributed by atoms with Crippen LogP contribution in [-0.2, 0) is 17.9 Å². The fourth-order valence-electron chi connectivity index (χ4n) is 3.05. The molecular formula is C24H22N4O3S. The van der Waals surface area contributed by atoms with Crippen molar-refractivity contribution in [2.75, 3.05) is 5.75 Å². The van der Waals surface area contributed by atoms with Crippen LogP contribution in [-0.4, -0.2) is 27.1 Å². The average molecular weight is 447 g/mol. The standard InChI is InChI=1S/C24H22N4O3S/c29-22(26-15-18-6-2-1-3-7-18)17-32-24-25-11-12-28(24)20-9-4-8-19(14-20)23(30)27-16-21-10-5-13-31-21/h1-14H,15-17H2,(H,26,29)(H,27,30). The zero-order valence-corrected chi connectivity index (χ0v) is 18.0. The number of amides is 2. The van der Waals surface area contributed by atoms with Crippen molar-refractivity contribution >= 4 is 23.6 Å². The number of rotatable bonds is 9. The molecule has 0 spiro atoms. The smallest absolute Gasteiger partial charge is 0.251 e. The highest BCUT2D eigenvalue weighted by molar-refractivity contribution is 7.99. The summed E-state index contributed by atoms with van der Waals surface area (Å²) < 4.78 is 7.10. The molecule has 0 aliphatic carbocycles. The first-order valence-corrected chi connectivity index (χ1v) is 11.1. The Balaban J connectivity index is 1.35. The van der Waals surface area contributed by atoms with Gasteiger partial charge in [-0.05, 0) is 35.9 Å². The first-order chi connectivity index (χ1) is 15.7. The molecule has 8 heteroatoms. The molecule has 0 fully saturated rings. The largest absolute Gasteiger partial charge is 0.467 e. The fraction of sp³-hybridized carbons (Fsp3) is 0.125. The summed E-state index contributed by atoms with van der Waals surface area (Å²) >= 11 is 1.34. The van der Waals surface area contributed by atoms with Gasteiger partial charge in [0.1, 0.15) is 5.76 Å². The SMILES string of the molecule is O=C(CSc1nccn1-c1cccc(C(=O)NCc2ccco2)c1)NCc1ccccc1. The lowest BCUT2D eigenvalue weighted by atomic mass is 10.2. The van der Waals surface area contributed by atoms with Crippen molar-refractivity contribution < 1.29 is 14.0 Å². The van der Waals surface area contributed by atoms with E-state index in [9.17, 15) is 9.59 Å². The lowest BCUT2D eigenvalue weighted by Crippen LogP contribution is -2.24. The Morgan fingerprint density at radius 2 is 1.84 bits per heavy atom. The van der Waals surface area contributed by atoms with Gasteiger partial charge in [0.2, 0.25) is 5.91 Å². The normalized spacial score (nSPS) is 10.6. The molecule has 0 atom stereocenters. The number of thioether (sulfide) groups is 1. The Morgan fingerprint density at radius 3 is 2.66 bits per heavy atom. The topological polar surface area (TPSA) is 89.2 Å². The van der Waals surface area contributed by atoms with E-state index in [1.54, 1.807) is 30.7 Å². The summed E-state index contributed by atoms with van der Waals surface area (Å²) in [6.45, 7) is 0.810. The zero-order chi connectivity index (χ0) is 22.2. The van der Waals surface area contributed by atoms with E-state index in [0.29, 0.717) is 29.6 Å². The number of aromatic nitrogens is 2. The third-order valence-electron chi connectivity index (χ3n) is 4.66. The van der Waals surface area contributed by atoms with Gasteiger partial charge in [-0.1, -0.05) is 48.2 Å². The number of nitrogens with one attached hydrogen (secondary N) is 2. The monoisotopic (exact) mass is 446 g/mol. The number of benzene rings is 2. The lowest BCUT2D eigenvalue weighted by molar-refractivity contribution is -0.118. The molecule has 32 heavy (non-hydrogen) atoms. The number of carbonyl (C=O) groups excluding carboxylic acids is 2. The third-order valence-corrected chi connectivity index (χ3v) is 5.63. The molecule has 162 valence electrons. The van der Waals surface area contributed by atoms with Crippen LogP contribution in [0, 0.1) is 0 Å². The Bertz CT molecular complexity index is 1170. The van der Waals surface area contributed by atoms with Gasteiger partial charge in [-0.2, -0.15) is 0 Å². The summed E-state index contributed by atoms with van der Waals surface area (Å²) in [6.07, 6.45) is 5.06. The fourth-order valence-corrected chi connectivity index (χ4v) is 3.85. The first-order valence-electron chi connectivity index (χ1n) is 10.1. The van der Waals surface area contributed by atoms with E-state index in [4.69, 9.17) is 4.42 Å². The van der Waals surface area contributed by atoms with E-state index in [2.05, 4.69) is 15.6 Å². The Morgan fingerprint density at radius 1 is 0.969 bits per heavy atom. The first kappa shape index (κ1) is 21.5. The highest BCUT2D eigenvalue weighted by Gasteiger charge is 2.12. The van der Waals surface area contributed by atoms with Crippen molar-refractivity contribution in [3.05, 3.63) is 102 Å². The molecule has 2 aromatic carbocycles. The summed E-state index contributed by atoms with van der Waals surface area (Å²) in [7, 11) is 0. The molecule has 0 aliphatic rings. The van der Waals surface area contributed by atoms with E-state index in [1.165, 1.54) is 11.8 Å². The molecule has 2 amide bonds. The van der Waals surface area contributed by atoms with Crippen LogP contribution in [0.15, 0.2) is 95.0 Å². The molecule has 0 bridgehead atoms. The molecule has 2 aromatic heterocycles. The van der Waals surface area contributed by atoms with Crippen LogP contribution in [0.25, 0.3) is 5.69 Å². The number of carbonyl (C=O) groups is 2. The summed E-state index contributed by atoms with van der Waals surface area (Å²) in [4.78, 5) is 29.1. The van der Waals surface area contributed by atoms with Crippen molar-refractivity contribution in [2.45, 2.75) is 18.2 Å². The summed E-state index contributed by atoms with van der Waals surface area (Å²) in [5, 5.41) is 6.43. The van der Waals surface area contributed by atoms with Crippen molar-refractivity contribution in [1.29, 1.82) is 0 Å². The maximum atomic E-state index is 12.5. The summed E-state index contributed by atoms with van der Waals surface area (Å²) in [5.74, 6) is 0.665. The van der Waals surface area contributed by atoms with Crippen LogP contribution in [0.1, 0.15) is 21.7 Å². The molecule has 4 rings (SSSR count). The van der Waals surface area contributed by atoms with E-state index in [0.717, 1.165) is 11.3 Å². The number of furan rings is 1. The van der Waals surface area contributed by atoms with Crippen molar-refractivity contribution in [2.24, 2.45) is 0 Å². The minimum atomic E-state index is -0.196. The van der Waals surface area contributed by atoms with Crippen molar-refractivity contribution in [3.63, 3.8) is 0 Å². The highest BCUT2D eigenvalue weighted by Crippen LogP contribution is 2.21. The number of nitrogens with zero attached hydrogens (tertiary/aromatic N) is 2. The van der Waals surface area contributed by atoms with Crippen LogP contribution >= 0.6 is 11.8 Å². The predicted octanol–water partition coefficient (Wildman–Crippen LogP) is 3.80. The van der Waals surface area contributed by atoms with Gasteiger partial charge in [-0.25, -0.2) is 4.98 Å². The molecule has 0 saturated carbocycles. The van der Waals surface area contributed by atoms with Crippen LogP contribution in [0.5, 0.6) is 0 Å². The Kier molecular flexibility index (Phi) is 7.04.